The van der Waals surface area contributed by atoms with Gasteiger partial charge in [0.1, 0.15) is 5.78 Å². The number of likely N-dealkylation sites (tertiary alicyclic amines) is 1. The van der Waals surface area contributed by atoms with Crippen LogP contribution in [0.4, 0.5) is 4.79 Å². The highest BCUT2D eigenvalue weighted by atomic mass is 16.2. The molecule has 0 saturated carbocycles. The first-order chi connectivity index (χ1) is 11.2. The monoisotopic (exact) mass is 330 g/mol. The number of hydrogen-bond acceptors (Lipinski definition) is 2. The Labute approximate surface area is 145 Å². The van der Waals surface area contributed by atoms with Crippen LogP contribution in [0.2, 0.25) is 0 Å². The Bertz CT molecular complexity index is 579. The molecule has 1 aliphatic heterocycles. The van der Waals surface area contributed by atoms with Crippen LogP contribution in [0.3, 0.4) is 0 Å². The topological polar surface area (TPSA) is 49.4 Å². The average molecular weight is 330 g/mol. The molecule has 2 rings (SSSR count). The Kier molecular flexibility index (Phi) is 5.68. The van der Waals surface area contributed by atoms with Gasteiger partial charge in [-0.2, -0.15) is 0 Å². The van der Waals surface area contributed by atoms with Gasteiger partial charge in [0.05, 0.1) is 0 Å². The molecule has 2 amide bonds. The lowest BCUT2D eigenvalue weighted by Crippen LogP contribution is -2.61. The summed E-state index contributed by atoms with van der Waals surface area (Å²) < 4.78 is 0. The number of benzene rings is 1. The molecule has 1 aromatic rings. The predicted octanol–water partition coefficient (Wildman–Crippen LogP) is 3.80. The zero-order chi connectivity index (χ0) is 17.8. The van der Waals surface area contributed by atoms with E-state index in [0.29, 0.717) is 19.5 Å². The summed E-state index contributed by atoms with van der Waals surface area (Å²) in [5.74, 6) is 0.236. The van der Waals surface area contributed by atoms with Crippen molar-refractivity contribution in [1.82, 2.24) is 10.2 Å². The minimum absolute atomic E-state index is 0.0553. The molecule has 1 fully saturated rings. The van der Waals surface area contributed by atoms with Gasteiger partial charge in [0.15, 0.2) is 0 Å². The molecule has 0 atom stereocenters. The summed E-state index contributed by atoms with van der Waals surface area (Å²) in [5.41, 5.74) is 0.460. The van der Waals surface area contributed by atoms with Crippen molar-refractivity contribution in [2.24, 2.45) is 5.41 Å². The number of urea groups is 1. The molecule has 1 saturated heterocycles. The Morgan fingerprint density at radius 1 is 1.12 bits per heavy atom. The summed E-state index contributed by atoms with van der Waals surface area (Å²) in [6.45, 7) is 8.93. The Morgan fingerprint density at radius 2 is 1.79 bits per heavy atom. The Hall–Kier alpha value is -1.84. The van der Waals surface area contributed by atoms with Gasteiger partial charge >= 0.3 is 6.03 Å². The third-order valence-electron chi connectivity index (χ3n) is 4.89. The van der Waals surface area contributed by atoms with Crippen LogP contribution in [-0.4, -0.2) is 35.3 Å². The van der Waals surface area contributed by atoms with Gasteiger partial charge < -0.3 is 10.2 Å². The van der Waals surface area contributed by atoms with Crippen molar-refractivity contribution in [2.45, 2.75) is 58.9 Å². The van der Waals surface area contributed by atoms with E-state index in [1.54, 1.807) is 0 Å². The molecule has 1 heterocycles. The third kappa shape index (κ3) is 4.59. The van der Waals surface area contributed by atoms with Gasteiger partial charge in [0.2, 0.25) is 0 Å². The first-order valence-corrected chi connectivity index (χ1v) is 8.85. The molecule has 1 aliphatic rings. The maximum Gasteiger partial charge on any atom is 0.317 e. The van der Waals surface area contributed by atoms with Crippen molar-refractivity contribution >= 4 is 11.8 Å². The van der Waals surface area contributed by atoms with Crippen molar-refractivity contribution in [3.63, 3.8) is 0 Å². The number of Topliss-reactive ketones (excluding diaryl/α,β-unsaturated/α-hetero) is 1. The first kappa shape index (κ1) is 18.5. The van der Waals surface area contributed by atoms with Crippen LogP contribution in [0.1, 0.15) is 52.5 Å². The lowest BCUT2D eigenvalue weighted by Gasteiger charge is -2.47. The summed E-state index contributed by atoms with van der Waals surface area (Å²) in [5, 5.41) is 3.02. The quantitative estimate of drug-likeness (QED) is 0.835. The lowest BCUT2D eigenvalue weighted by molar-refractivity contribution is -0.135. The van der Waals surface area contributed by atoms with Crippen LogP contribution < -0.4 is 5.32 Å². The molecule has 1 N–H and O–H groups in total. The van der Waals surface area contributed by atoms with E-state index in [2.05, 4.69) is 29.6 Å². The number of carbonyl (C=O) groups excluding carboxylic acids is 2. The van der Waals surface area contributed by atoms with E-state index in [4.69, 9.17) is 0 Å². The maximum atomic E-state index is 12.5. The van der Waals surface area contributed by atoms with Crippen LogP contribution >= 0.6 is 0 Å². The van der Waals surface area contributed by atoms with E-state index in [9.17, 15) is 9.59 Å². The van der Waals surface area contributed by atoms with E-state index in [0.717, 1.165) is 19.3 Å². The van der Waals surface area contributed by atoms with E-state index >= 15 is 0 Å². The summed E-state index contributed by atoms with van der Waals surface area (Å²) in [4.78, 5) is 26.5. The SMILES string of the molecule is CC1(C)CN(C(=O)NCCCCc2ccccc2)C(C)(C)CC1=O. The number of hydrogen-bond donors (Lipinski definition) is 1. The van der Waals surface area contributed by atoms with Crippen molar-refractivity contribution < 1.29 is 9.59 Å². The molecule has 0 bridgehead atoms. The molecular formula is C20H30N2O2. The van der Waals surface area contributed by atoms with Crippen molar-refractivity contribution in [3.05, 3.63) is 35.9 Å². The van der Waals surface area contributed by atoms with Gasteiger partial charge in [-0.05, 0) is 38.7 Å². The third-order valence-corrected chi connectivity index (χ3v) is 4.89. The number of nitrogens with zero attached hydrogens (tertiary/aromatic N) is 1. The predicted molar refractivity (Wildman–Crippen MR) is 97.0 cm³/mol. The molecule has 0 unspecified atom stereocenters. The smallest absolute Gasteiger partial charge is 0.317 e. The molecule has 0 aromatic heterocycles. The summed E-state index contributed by atoms with van der Waals surface area (Å²) in [6, 6.07) is 10.3. The van der Waals surface area contributed by atoms with Gasteiger partial charge in [0, 0.05) is 30.5 Å². The molecule has 0 radical (unpaired) electrons. The minimum Gasteiger partial charge on any atom is -0.338 e. The van der Waals surface area contributed by atoms with E-state index in [1.165, 1.54) is 5.56 Å². The number of piperidine rings is 1. The number of unbranched alkanes of at least 4 members (excludes halogenated alkanes) is 1. The second-order valence-corrected chi connectivity index (χ2v) is 8.06. The van der Waals surface area contributed by atoms with Crippen LogP contribution in [-0.2, 0) is 11.2 Å². The van der Waals surface area contributed by atoms with Crippen LogP contribution in [0.15, 0.2) is 30.3 Å². The molecule has 4 nitrogen and oxygen atoms in total. The zero-order valence-electron chi connectivity index (χ0n) is 15.4. The number of aryl methyl sites for hydroxylation is 1. The van der Waals surface area contributed by atoms with Crippen LogP contribution in [0, 0.1) is 5.41 Å². The summed E-state index contributed by atoms with van der Waals surface area (Å²) in [6.07, 6.45) is 3.46. The first-order valence-electron chi connectivity index (χ1n) is 8.85. The van der Waals surface area contributed by atoms with E-state index < -0.39 is 11.0 Å². The highest BCUT2D eigenvalue weighted by Gasteiger charge is 2.45. The number of carbonyl (C=O) groups is 2. The van der Waals surface area contributed by atoms with Crippen LogP contribution in [0.25, 0.3) is 0 Å². The Balaban J connectivity index is 1.78. The van der Waals surface area contributed by atoms with Gasteiger partial charge in [0.25, 0.3) is 0 Å². The standard InChI is InChI=1S/C20H30N2O2/c1-19(2)15-22(20(3,4)14-17(19)23)18(24)21-13-9-8-12-16-10-6-5-7-11-16/h5-7,10-11H,8-9,12-15H2,1-4H3,(H,21,24). The maximum absolute atomic E-state index is 12.5. The largest absolute Gasteiger partial charge is 0.338 e. The number of rotatable bonds is 5. The summed E-state index contributed by atoms with van der Waals surface area (Å²) >= 11 is 0. The van der Waals surface area contributed by atoms with Crippen molar-refractivity contribution in [3.8, 4) is 0 Å². The van der Waals surface area contributed by atoms with Crippen molar-refractivity contribution in [1.29, 1.82) is 0 Å². The molecule has 0 spiro atoms. The molecule has 132 valence electrons. The van der Waals surface area contributed by atoms with Gasteiger partial charge in [-0.3, -0.25) is 4.79 Å². The fourth-order valence-corrected chi connectivity index (χ4v) is 3.16. The second-order valence-electron chi connectivity index (χ2n) is 8.06. The number of nitrogens with one attached hydrogen (secondary N) is 1. The number of amides is 2. The van der Waals surface area contributed by atoms with Gasteiger partial charge in [-0.1, -0.05) is 44.2 Å². The highest BCUT2D eigenvalue weighted by molar-refractivity contribution is 5.88. The average Bonchev–Trinajstić information content (AvgIpc) is 2.51. The fourth-order valence-electron chi connectivity index (χ4n) is 3.16. The Morgan fingerprint density at radius 3 is 2.46 bits per heavy atom. The van der Waals surface area contributed by atoms with Gasteiger partial charge in [-0.15, -0.1) is 0 Å². The normalized spacial score (nSPS) is 19.2. The highest BCUT2D eigenvalue weighted by Crippen LogP contribution is 2.34. The van der Waals surface area contributed by atoms with Gasteiger partial charge in [-0.25, -0.2) is 4.79 Å². The van der Waals surface area contributed by atoms with E-state index in [1.807, 2.05) is 38.7 Å². The fraction of sp³-hybridized carbons (Fsp3) is 0.600. The number of ketones is 1. The molecule has 4 heteroatoms. The minimum atomic E-state index is -0.458. The molecular weight excluding hydrogens is 300 g/mol. The molecule has 24 heavy (non-hydrogen) atoms. The summed E-state index contributed by atoms with van der Waals surface area (Å²) in [7, 11) is 0. The molecule has 1 aromatic carbocycles. The van der Waals surface area contributed by atoms with Crippen molar-refractivity contribution in [2.75, 3.05) is 13.1 Å². The zero-order valence-corrected chi connectivity index (χ0v) is 15.4. The van der Waals surface area contributed by atoms with E-state index in [-0.39, 0.29) is 11.8 Å². The second kappa shape index (κ2) is 7.37. The molecule has 0 aliphatic carbocycles. The van der Waals surface area contributed by atoms with Crippen LogP contribution in [0.5, 0.6) is 0 Å². The lowest BCUT2D eigenvalue weighted by atomic mass is 9.75.